The van der Waals surface area contributed by atoms with Gasteiger partial charge < -0.3 is 10.6 Å². The van der Waals surface area contributed by atoms with Gasteiger partial charge in [-0.05, 0) is 37.3 Å². The largest absolute Gasteiger partial charge is 0.353 e. The number of carbonyl (C=O) groups excluding carboxylic acids is 1. The van der Waals surface area contributed by atoms with Crippen LogP contribution in [-0.4, -0.2) is 36.5 Å². The number of rotatable bonds is 2. The molecular weight excluding hydrogens is 232 g/mol. The Morgan fingerprint density at radius 2 is 2.00 bits per heavy atom. The summed E-state index contributed by atoms with van der Waals surface area (Å²) < 4.78 is 0. The predicted octanol–water partition coefficient (Wildman–Crippen LogP) is 1.03. The second kappa shape index (κ2) is 6.61. The Morgan fingerprint density at radius 1 is 1.27 bits per heavy atom. The van der Waals surface area contributed by atoms with E-state index >= 15 is 0 Å². The van der Waals surface area contributed by atoms with Gasteiger partial charge in [-0.25, -0.2) is 0 Å². The normalized spacial score (nSPS) is 27.1. The Kier molecular flexibility index (Phi) is 5.79. The molecule has 1 atom stereocenters. The van der Waals surface area contributed by atoms with Gasteiger partial charge in [-0.3, -0.25) is 4.79 Å². The van der Waals surface area contributed by atoms with E-state index in [0.29, 0.717) is 6.04 Å². The smallest absolute Gasteiger partial charge is 0.224 e. The summed E-state index contributed by atoms with van der Waals surface area (Å²) in [6.07, 6.45) is 3.31. The van der Waals surface area contributed by atoms with Gasteiger partial charge in [-0.2, -0.15) is 11.8 Å². The van der Waals surface area contributed by atoms with Crippen molar-refractivity contribution < 1.29 is 4.79 Å². The lowest BCUT2D eigenvalue weighted by Gasteiger charge is -2.23. The van der Waals surface area contributed by atoms with E-state index in [1.807, 2.05) is 11.8 Å². The summed E-state index contributed by atoms with van der Waals surface area (Å²) in [4.78, 5) is 11.8. The summed E-state index contributed by atoms with van der Waals surface area (Å²) in [5.74, 6) is 2.90. The van der Waals surface area contributed by atoms with Gasteiger partial charge in [0.15, 0.2) is 0 Å². The minimum Gasteiger partial charge on any atom is -0.353 e. The SMILES string of the molecule is Cl.O=C(NC1CCSCC1)[C@@H]1CCNC1. The Morgan fingerprint density at radius 3 is 2.60 bits per heavy atom. The number of thioether (sulfide) groups is 1. The molecule has 2 fully saturated rings. The van der Waals surface area contributed by atoms with E-state index < -0.39 is 0 Å². The summed E-state index contributed by atoms with van der Waals surface area (Å²) in [7, 11) is 0. The van der Waals surface area contributed by atoms with E-state index in [-0.39, 0.29) is 24.2 Å². The number of nitrogens with one attached hydrogen (secondary N) is 2. The summed E-state index contributed by atoms with van der Waals surface area (Å²) in [5.41, 5.74) is 0. The molecule has 0 aliphatic carbocycles. The summed E-state index contributed by atoms with van der Waals surface area (Å²) in [5, 5.41) is 6.39. The lowest BCUT2D eigenvalue weighted by Crippen LogP contribution is -2.41. The van der Waals surface area contributed by atoms with Crippen LogP contribution in [0.4, 0.5) is 0 Å². The molecule has 0 aromatic heterocycles. The molecule has 88 valence electrons. The third-order valence-corrected chi connectivity index (χ3v) is 4.05. The highest BCUT2D eigenvalue weighted by Crippen LogP contribution is 2.18. The first-order chi connectivity index (χ1) is 6.86. The molecule has 2 heterocycles. The quantitative estimate of drug-likeness (QED) is 0.769. The maximum absolute atomic E-state index is 11.8. The van der Waals surface area contributed by atoms with E-state index in [1.54, 1.807) is 0 Å². The van der Waals surface area contributed by atoms with E-state index in [9.17, 15) is 4.79 Å². The van der Waals surface area contributed by atoms with Crippen LogP contribution >= 0.6 is 24.2 Å². The van der Waals surface area contributed by atoms with Crippen molar-refractivity contribution in [1.29, 1.82) is 0 Å². The first kappa shape index (κ1) is 13.1. The maximum atomic E-state index is 11.8. The summed E-state index contributed by atoms with van der Waals surface area (Å²) >= 11 is 1.99. The van der Waals surface area contributed by atoms with Crippen molar-refractivity contribution in [3.8, 4) is 0 Å². The number of hydrogen-bond donors (Lipinski definition) is 2. The molecule has 0 radical (unpaired) electrons. The molecule has 1 amide bonds. The van der Waals surface area contributed by atoms with Crippen LogP contribution in [0.15, 0.2) is 0 Å². The molecule has 0 saturated carbocycles. The highest BCUT2D eigenvalue weighted by Gasteiger charge is 2.24. The van der Waals surface area contributed by atoms with Crippen molar-refractivity contribution in [3.63, 3.8) is 0 Å². The van der Waals surface area contributed by atoms with Crippen LogP contribution < -0.4 is 10.6 Å². The lowest BCUT2D eigenvalue weighted by atomic mass is 10.1. The Bertz CT molecular complexity index is 204. The zero-order chi connectivity index (χ0) is 9.80. The monoisotopic (exact) mass is 250 g/mol. The molecule has 2 aliphatic heterocycles. The van der Waals surface area contributed by atoms with Gasteiger partial charge in [-0.15, -0.1) is 12.4 Å². The van der Waals surface area contributed by atoms with Crippen LogP contribution in [0.5, 0.6) is 0 Å². The molecule has 3 nitrogen and oxygen atoms in total. The highest BCUT2D eigenvalue weighted by molar-refractivity contribution is 7.99. The van der Waals surface area contributed by atoms with Crippen LogP contribution in [0, 0.1) is 5.92 Å². The molecule has 15 heavy (non-hydrogen) atoms. The molecular formula is C10H19ClN2OS. The zero-order valence-electron chi connectivity index (χ0n) is 8.83. The third-order valence-electron chi connectivity index (χ3n) is 3.00. The van der Waals surface area contributed by atoms with Gasteiger partial charge in [0.1, 0.15) is 0 Å². The van der Waals surface area contributed by atoms with Crippen LogP contribution in [0.2, 0.25) is 0 Å². The van der Waals surface area contributed by atoms with Crippen LogP contribution in [0.3, 0.4) is 0 Å². The second-order valence-corrected chi connectivity index (χ2v) is 5.31. The maximum Gasteiger partial charge on any atom is 0.224 e. The Hall–Kier alpha value is 0.0700. The van der Waals surface area contributed by atoms with E-state index in [1.165, 1.54) is 11.5 Å². The highest BCUT2D eigenvalue weighted by atomic mass is 35.5. The summed E-state index contributed by atoms with van der Waals surface area (Å²) in [6.45, 7) is 1.87. The molecule has 0 aromatic rings. The van der Waals surface area contributed by atoms with Crippen LogP contribution in [-0.2, 0) is 4.79 Å². The third kappa shape index (κ3) is 3.85. The second-order valence-electron chi connectivity index (χ2n) is 4.08. The van der Waals surface area contributed by atoms with Crippen molar-refractivity contribution in [2.75, 3.05) is 24.6 Å². The topological polar surface area (TPSA) is 41.1 Å². The molecule has 0 bridgehead atoms. The Labute approximate surface area is 102 Å². The average molecular weight is 251 g/mol. The number of halogens is 1. The predicted molar refractivity (Wildman–Crippen MR) is 66.7 cm³/mol. The van der Waals surface area contributed by atoms with Crippen molar-refractivity contribution in [2.24, 2.45) is 5.92 Å². The van der Waals surface area contributed by atoms with Gasteiger partial charge in [0.2, 0.25) is 5.91 Å². The standard InChI is InChI=1S/C10H18N2OS.ClH/c13-10(8-1-4-11-7-8)12-9-2-5-14-6-3-9;/h8-9,11H,1-7H2,(H,12,13);1H/t8-;/m1./s1. The molecule has 5 heteroatoms. The number of amides is 1. The molecule has 2 aliphatic rings. The fraction of sp³-hybridized carbons (Fsp3) is 0.900. The van der Waals surface area contributed by atoms with Crippen molar-refractivity contribution >= 4 is 30.1 Å². The van der Waals surface area contributed by atoms with Crippen LogP contribution in [0.25, 0.3) is 0 Å². The van der Waals surface area contributed by atoms with Crippen molar-refractivity contribution in [2.45, 2.75) is 25.3 Å². The van der Waals surface area contributed by atoms with Crippen LogP contribution in [0.1, 0.15) is 19.3 Å². The first-order valence-electron chi connectivity index (χ1n) is 5.45. The minimum atomic E-state index is 0. The fourth-order valence-corrected chi connectivity index (χ4v) is 3.15. The van der Waals surface area contributed by atoms with E-state index in [4.69, 9.17) is 0 Å². The van der Waals surface area contributed by atoms with Crippen molar-refractivity contribution in [1.82, 2.24) is 10.6 Å². The number of hydrogen-bond acceptors (Lipinski definition) is 3. The van der Waals surface area contributed by atoms with Gasteiger partial charge >= 0.3 is 0 Å². The first-order valence-corrected chi connectivity index (χ1v) is 6.60. The molecule has 2 rings (SSSR count). The molecule has 0 spiro atoms. The van der Waals surface area contributed by atoms with Gasteiger partial charge in [0.25, 0.3) is 0 Å². The van der Waals surface area contributed by atoms with E-state index in [2.05, 4.69) is 10.6 Å². The van der Waals surface area contributed by atoms with Gasteiger partial charge in [0.05, 0.1) is 5.92 Å². The van der Waals surface area contributed by atoms with Gasteiger partial charge in [0, 0.05) is 12.6 Å². The van der Waals surface area contributed by atoms with Gasteiger partial charge in [-0.1, -0.05) is 0 Å². The molecule has 2 N–H and O–H groups in total. The molecule has 0 aromatic carbocycles. The minimum absolute atomic E-state index is 0. The fourth-order valence-electron chi connectivity index (χ4n) is 2.04. The summed E-state index contributed by atoms with van der Waals surface area (Å²) in [6, 6.07) is 0.448. The Balaban J connectivity index is 0.00000112. The zero-order valence-corrected chi connectivity index (χ0v) is 10.5. The average Bonchev–Trinajstić information content (AvgIpc) is 2.72. The molecule has 2 saturated heterocycles. The van der Waals surface area contributed by atoms with Crippen molar-refractivity contribution in [3.05, 3.63) is 0 Å². The lowest BCUT2D eigenvalue weighted by molar-refractivity contribution is -0.125. The van der Waals surface area contributed by atoms with E-state index in [0.717, 1.165) is 32.4 Å². The molecule has 0 unspecified atom stereocenters. The number of carbonyl (C=O) groups is 1.